The molecular weight excluding hydrogens is 343 g/mol. The van der Waals surface area contributed by atoms with Gasteiger partial charge in [0.05, 0.1) is 23.4 Å². The zero-order valence-electron chi connectivity index (χ0n) is 15.4. The predicted molar refractivity (Wildman–Crippen MR) is 106 cm³/mol. The molecule has 0 fully saturated rings. The van der Waals surface area contributed by atoms with Gasteiger partial charge in [0.15, 0.2) is 0 Å². The van der Waals surface area contributed by atoms with E-state index in [9.17, 15) is 5.11 Å². The lowest BCUT2D eigenvalue weighted by Crippen LogP contribution is -2.55. The lowest BCUT2D eigenvalue weighted by atomic mass is 9.70. The van der Waals surface area contributed by atoms with Crippen molar-refractivity contribution in [2.45, 2.75) is 13.8 Å². The summed E-state index contributed by atoms with van der Waals surface area (Å²) in [5, 5.41) is 13.3. The molecule has 27 heavy (non-hydrogen) atoms. The van der Waals surface area contributed by atoms with Crippen LogP contribution in [-0.2, 0) is 9.31 Å². The SMILES string of the molecule is CO[B-]12OC(C=Nc3cc(C)ccc3O)=CC=C1Nc1cc(C)ccc1O2. The van der Waals surface area contributed by atoms with Gasteiger partial charge in [0.1, 0.15) is 11.4 Å². The summed E-state index contributed by atoms with van der Waals surface area (Å²) in [6.07, 6.45) is 5.18. The fourth-order valence-corrected chi connectivity index (χ4v) is 3.12. The smallest absolute Gasteiger partial charge is 0.538 e. The molecule has 1 atom stereocenters. The summed E-state index contributed by atoms with van der Waals surface area (Å²) in [5.41, 5.74) is 4.17. The molecule has 2 heterocycles. The average Bonchev–Trinajstić information content (AvgIpc) is 2.67. The number of benzene rings is 2. The number of aromatic hydroxyl groups is 1. The minimum absolute atomic E-state index is 0.108. The van der Waals surface area contributed by atoms with Gasteiger partial charge in [0.2, 0.25) is 0 Å². The van der Waals surface area contributed by atoms with E-state index in [1.54, 1.807) is 25.3 Å². The summed E-state index contributed by atoms with van der Waals surface area (Å²) in [7, 11) is 1.54. The number of nitrogens with zero attached hydrogens (tertiary/aromatic N) is 1. The van der Waals surface area contributed by atoms with E-state index in [4.69, 9.17) is 14.0 Å². The van der Waals surface area contributed by atoms with Gasteiger partial charge in [-0.1, -0.05) is 18.2 Å². The van der Waals surface area contributed by atoms with Gasteiger partial charge in [-0.15, -0.1) is 0 Å². The van der Waals surface area contributed by atoms with Crippen molar-refractivity contribution < 1.29 is 19.1 Å². The molecular formula is C20H20BN2O4-. The fourth-order valence-electron chi connectivity index (χ4n) is 3.12. The van der Waals surface area contributed by atoms with Crippen LogP contribution < -0.4 is 9.97 Å². The summed E-state index contributed by atoms with van der Waals surface area (Å²) < 4.78 is 17.7. The number of aryl methyl sites for hydroxylation is 2. The van der Waals surface area contributed by atoms with Gasteiger partial charge in [-0.25, -0.2) is 4.99 Å². The second-order valence-electron chi connectivity index (χ2n) is 6.68. The van der Waals surface area contributed by atoms with Crippen molar-refractivity contribution in [3.63, 3.8) is 0 Å². The number of phenols is 1. The molecule has 0 aliphatic carbocycles. The van der Waals surface area contributed by atoms with E-state index in [0.29, 0.717) is 22.8 Å². The highest BCUT2D eigenvalue weighted by molar-refractivity contribution is 6.71. The molecule has 1 unspecified atom stereocenters. The number of hydrogen-bond acceptors (Lipinski definition) is 6. The van der Waals surface area contributed by atoms with Crippen LogP contribution in [-0.4, -0.2) is 25.2 Å². The minimum atomic E-state index is -2.19. The van der Waals surface area contributed by atoms with Gasteiger partial charge < -0.3 is 24.4 Å². The van der Waals surface area contributed by atoms with E-state index in [1.807, 2.05) is 44.2 Å². The van der Waals surface area contributed by atoms with Gasteiger partial charge in [0, 0.05) is 0 Å². The van der Waals surface area contributed by atoms with Crippen LogP contribution in [0.3, 0.4) is 0 Å². The van der Waals surface area contributed by atoms with Crippen molar-refractivity contribution in [2.24, 2.45) is 4.99 Å². The van der Waals surface area contributed by atoms with Crippen LogP contribution in [0.2, 0.25) is 0 Å². The fraction of sp³-hybridized carbons (Fsp3) is 0.150. The molecule has 0 saturated carbocycles. The van der Waals surface area contributed by atoms with Crippen molar-refractivity contribution in [3.8, 4) is 11.5 Å². The first kappa shape index (κ1) is 17.2. The first-order chi connectivity index (χ1) is 13.0. The third kappa shape index (κ3) is 3.17. The number of fused-ring (bicyclic) bond motifs is 2. The Labute approximate surface area is 157 Å². The van der Waals surface area contributed by atoms with Gasteiger partial charge >= 0.3 is 6.75 Å². The predicted octanol–water partition coefficient (Wildman–Crippen LogP) is 4.14. The molecule has 2 aliphatic rings. The Balaban J connectivity index is 1.64. The van der Waals surface area contributed by atoms with Crippen molar-refractivity contribution in [1.82, 2.24) is 0 Å². The van der Waals surface area contributed by atoms with Crippen molar-refractivity contribution in [1.29, 1.82) is 0 Å². The minimum Gasteiger partial charge on any atom is -0.654 e. The Morgan fingerprint density at radius 1 is 1.07 bits per heavy atom. The Hall–Kier alpha value is -3.19. The van der Waals surface area contributed by atoms with Crippen LogP contribution in [0.15, 0.2) is 64.9 Å². The molecule has 0 radical (unpaired) electrons. The summed E-state index contributed by atoms with van der Waals surface area (Å²) in [6.45, 7) is 1.77. The topological polar surface area (TPSA) is 72.3 Å². The molecule has 0 spiro atoms. The largest absolute Gasteiger partial charge is 0.654 e. The Morgan fingerprint density at radius 3 is 2.67 bits per heavy atom. The third-order valence-electron chi connectivity index (χ3n) is 4.57. The van der Waals surface area contributed by atoms with Crippen LogP contribution in [0.1, 0.15) is 11.1 Å². The number of hydrogen-bond donors (Lipinski definition) is 2. The molecule has 0 amide bonds. The van der Waals surface area contributed by atoms with E-state index in [1.165, 1.54) is 6.21 Å². The second kappa shape index (κ2) is 6.52. The monoisotopic (exact) mass is 363 g/mol. The molecule has 0 aromatic heterocycles. The number of rotatable bonds is 3. The van der Waals surface area contributed by atoms with E-state index < -0.39 is 6.75 Å². The van der Waals surface area contributed by atoms with Crippen molar-refractivity contribution in [2.75, 3.05) is 12.4 Å². The molecule has 2 aliphatic heterocycles. The molecule has 7 heteroatoms. The van der Waals surface area contributed by atoms with Crippen LogP contribution in [0, 0.1) is 13.8 Å². The molecule has 2 N–H and O–H groups in total. The normalized spacial score (nSPS) is 20.6. The Morgan fingerprint density at radius 2 is 1.85 bits per heavy atom. The maximum atomic E-state index is 9.94. The molecule has 4 rings (SSSR count). The van der Waals surface area contributed by atoms with Crippen molar-refractivity contribution in [3.05, 3.63) is 71.0 Å². The zero-order chi connectivity index (χ0) is 19.0. The summed E-state index contributed by atoms with van der Waals surface area (Å²) in [4.78, 5) is 4.33. The summed E-state index contributed by atoms with van der Waals surface area (Å²) >= 11 is 0. The maximum absolute atomic E-state index is 9.94. The van der Waals surface area contributed by atoms with Crippen LogP contribution >= 0.6 is 0 Å². The Kier molecular flexibility index (Phi) is 4.16. The van der Waals surface area contributed by atoms with Gasteiger partial charge in [-0.3, -0.25) is 0 Å². The highest BCUT2D eigenvalue weighted by Crippen LogP contribution is 2.39. The number of aliphatic imine (C=N–C) groups is 1. The molecule has 0 saturated heterocycles. The van der Waals surface area contributed by atoms with Gasteiger partial charge in [0.25, 0.3) is 0 Å². The number of nitrogens with one attached hydrogen (secondary N) is 1. The standard InChI is InChI=1S/C20H20BN2O4/c1-13-4-7-18(24)16(10-13)22-12-15-6-9-20-21(25-3,26-15)27-19-8-5-14(2)11-17(19)23-20/h4-12,23-24H,1-3H3/q-1. The summed E-state index contributed by atoms with van der Waals surface area (Å²) in [5.74, 6) is 1.24. The second-order valence-corrected chi connectivity index (χ2v) is 6.68. The average molecular weight is 363 g/mol. The molecule has 2 aromatic rings. The number of allylic oxidation sites excluding steroid dienone is 3. The Bertz CT molecular complexity index is 999. The van der Waals surface area contributed by atoms with E-state index in [0.717, 1.165) is 16.8 Å². The van der Waals surface area contributed by atoms with Gasteiger partial charge in [-0.05, 0) is 68.0 Å². The molecule has 138 valence electrons. The lowest BCUT2D eigenvalue weighted by Gasteiger charge is -2.48. The van der Waals surface area contributed by atoms with Crippen LogP contribution in [0.25, 0.3) is 0 Å². The highest BCUT2D eigenvalue weighted by Gasteiger charge is 2.42. The lowest BCUT2D eigenvalue weighted by molar-refractivity contribution is 0.183. The maximum Gasteiger partial charge on any atom is 0.538 e. The molecule has 6 nitrogen and oxygen atoms in total. The van der Waals surface area contributed by atoms with Crippen LogP contribution in [0.4, 0.5) is 11.4 Å². The van der Waals surface area contributed by atoms with E-state index >= 15 is 0 Å². The van der Waals surface area contributed by atoms with Crippen molar-refractivity contribution >= 4 is 24.3 Å². The van der Waals surface area contributed by atoms with Gasteiger partial charge in [-0.2, -0.15) is 0 Å². The van der Waals surface area contributed by atoms with E-state index in [-0.39, 0.29) is 5.75 Å². The molecule has 2 aromatic carbocycles. The first-order valence-electron chi connectivity index (χ1n) is 8.69. The molecule has 0 bridgehead atoms. The van der Waals surface area contributed by atoms with Crippen LogP contribution in [0.5, 0.6) is 11.5 Å². The highest BCUT2D eigenvalue weighted by atomic mass is 16.8. The quantitative estimate of drug-likeness (QED) is 0.634. The summed E-state index contributed by atoms with van der Waals surface area (Å²) in [6, 6.07) is 11.1. The van der Waals surface area contributed by atoms with E-state index in [2.05, 4.69) is 10.3 Å². The number of phenolic OH excluding ortho intramolecular Hbond substituents is 1. The first-order valence-corrected chi connectivity index (χ1v) is 8.69. The third-order valence-corrected chi connectivity index (χ3v) is 4.57. The number of anilines is 1. The zero-order valence-corrected chi connectivity index (χ0v) is 15.4.